The number of nitrogens with zero attached hydrogens (tertiary/aromatic N) is 3. The number of benzene rings is 1. The van der Waals surface area contributed by atoms with Crippen LogP contribution in [-0.4, -0.2) is 48.0 Å². The molecule has 6 heteroatoms. The smallest absolute Gasteiger partial charge is 0.256 e. The Kier molecular flexibility index (Phi) is 6.54. The molecule has 0 radical (unpaired) electrons. The van der Waals surface area contributed by atoms with Crippen LogP contribution in [0.2, 0.25) is 0 Å². The Labute approximate surface area is 142 Å². The zero-order valence-corrected chi connectivity index (χ0v) is 14.5. The van der Waals surface area contributed by atoms with Gasteiger partial charge in [-0.25, -0.2) is 9.97 Å². The van der Waals surface area contributed by atoms with E-state index < -0.39 is 0 Å². The number of hydrogen-bond acceptors (Lipinski definition) is 5. The molecule has 0 saturated carbocycles. The second-order valence-electron chi connectivity index (χ2n) is 5.44. The monoisotopic (exact) mass is 328 g/mol. The predicted octanol–water partition coefficient (Wildman–Crippen LogP) is 2.62. The SMILES string of the molecule is CCc1ccccc1OCCCN(C)C(=O)c1cnc(NC)nc1. The predicted molar refractivity (Wildman–Crippen MR) is 94.5 cm³/mol. The minimum absolute atomic E-state index is 0.0911. The van der Waals surface area contributed by atoms with Crippen molar-refractivity contribution >= 4 is 11.9 Å². The van der Waals surface area contributed by atoms with Crippen LogP contribution in [0.1, 0.15) is 29.3 Å². The van der Waals surface area contributed by atoms with Crippen LogP contribution >= 0.6 is 0 Å². The summed E-state index contributed by atoms with van der Waals surface area (Å²) in [6.45, 7) is 3.29. The summed E-state index contributed by atoms with van der Waals surface area (Å²) in [6.07, 6.45) is 4.77. The second kappa shape index (κ2) is 8.86. The Morgan fingerprint density at radius 3 is 2.62 bits per heavy atom. The highest BCUT2D eigenvalue weighted by Gasteiger charge is 2.12. The molecule has 1 amide bonds. The van der Waals surface area contributed by atoms with Crippen molar-refractivity contribution < 1.29 is 9.53 Å². The van der Waals surface area contributed by atoms with E-state index in [4.69, 9.17) is 4.74 Å². The van der Waals surface area contributed by atoms with E-state index in [9.17, 15) is 4.79 Å². The number of hydrogen-bond donors (Lipinski definition) is 1. The molecule has 0 spiro atoms. The molecule has 1 N–H and O–H groups in total. The molecule has 0 atom stereocenters. The minimum atomic E-state index is -0.0911. The van der Waals surface area contributed by atoms with E-state index in [1.54, 1.807) is 19.0 Å². The van der Waals surface area contributed by atoms with Gasteiger partial charge in [-0.2, -0.15) is 0 Å². The molecule has 2 rings (SSSR count). The zero-order chi connectivity index (χ0) is 17.4. The Bertz CT molecular complexity index is 658. The second-order valence-corrected chi connectivity index (χ2v) is 5.44. The number of aryl methyl sites for hydroxylation is 1. The summed E-state index contributed by atoms with van der Waals surface area (Å²) < 4.78 is 5.82. The number of aromatic nitrogens is 2. The van der Waals surface area contributed by atoms with Crippen LogP contribution < -0.4 is 10.1 Å². The van der Waals surface area contributed by atoms with Crippen molar-refractivity contribution in [3.63, 3.8) is 0 Å². The van der Waals surface area contributed by atoms with Crippen molar-refractivity contribution in [2.75, 3.05) is 32.6 Å². The summed E-state index contributed by atoms with van der Waals surface area (Å²) in [4.78, 5) is 22.1. The first-order valence-corrected chi connectivity index (χ1v) is 8.11. The molecule has 0 aliphatic carbocycles. The third kappa shape index (κ3) is 4.68. The third-order valence-corrected chi connectivity index (χ3v) is 3.72. The number of para-hydroxylation sites is 1. The number of nitrogens with one attached hydrogen (secondary N) is 1. The topological polar surface area (TPSA) is 67.3 Å². The molecular weight excluding hydrogens is 304 g/mol. The first-order chi connectivity index (χ1) is 11.7. The molecule has 0 fully saturated rings. The molecule has 1 aromatic heterocycles. The van der Waals surface area contributed by atoms with Crippen LogP contribution in [0.15, 0.2) is 36.7 Å². The number of ether oxygens (including phenoxy) is 1. The van der Waals surface area contributed by atoms with Gasteiger partial charge in [0.2, 0.25) is 5.95 Å². The van der Waals surface area contributed by atoms with Gasteiger partial charge in [-0.15, -0.1) is 0 Å². The van der Waals surface area contributed by atoms with Gasteiger partial charge >= 0.3 is 0 Å². The summed E-state index contributed by atoms with van der Waals surface area (Å²) in [5, 5.41) is 2.83. The minimum Gasteiger partial charge on any atom is -0.493 e. The lowest BCUT2D eigenvalue weighted by atomic mass is 10.1. The number of carbonyl (C=O) groups excluding carboxylic acids is 1. The van der Waals surface area contributed by atoms with Crippen LogP contribution in [0, 0.1) is 0 Å². The van der Waals surface area contributed by atoms with E-state index in [2.05, 4.69) is 28.3 Å². The Morgan fingerprint density at radius 1 is 1.25 bits per heavy atom. The van der Waals surface area contributed by atoms with Crippen molar-refractivity contribution in [1.29, 1.82) is 0 Å². The lowest BCUT2D eigenvalue weighted by Crippen LogP contribution is -2.29. The zero-order valence-electron chi connectivity index (χ0n) is 14.5. The van der Waals surface area contributed by atoms with Crippen molar-refractivity contribution in [3.05, 3.63) is 47.8 Å². The lowest BCUT2D eigenvalue weighted by molar-refractivity contribution is 0.0787. The normalized spacial score (nSPS) is 10.3. The third-order valence-electron chi connectivity index (χ3n) is 3.72. The molecule has 0 aliphatic heterocycles. The Morgan fingerprint density at radius 2 is 1.96 bits per heavy atom. The fourth-order valence-corrected chi connectivity index (χ4v) is 2.31. The van der Waals surface area contributed by atoms with E-state index >= 15 is 0 Å². The van der Waals surface area contributed by atoms with Gasteiger partial charge in [-0.05, 0) is 24.5 Å². The maximum atomic E-state index is 12.3. The average molecular weight is 328 g/mol. The molecule has 0 aliphatic rings. The summed E-state index contributed by atoms with van der Waals surface area (Å²) in [5.74, 6) is 1.33. The van der Waals surface area contributed by atoms with Gasteiger partial charge in [0.1, 0.15) is 5.75 Å². The Balaban J connectivity index is 1.79. The molecule has 0 unspecified atom stereocenters. The van der Waals surface area contributed by atoms with Gasteiger partial charge in [-0.3, -0.25) is 4.79 Å². The van der Waals surface area contributed by atoms with Crippen molar-refractivity contribution in [2.24, 2.45) is 0 Å². The molecule has 24 heavy (non-hydrogen) atoms. The van der Waals surface area contributed by atoms with Crippen LogP contribution in [0.25, 0.3) is 0 Å². The van der Waals surface area contributed by atoms with Crippen molar-refractivity contribution in [1.82, 2.24) is 14.9 Å². The van der Waals surface area contributed by atoms with Gasteiger partial charge < -0.3 is 15.0 Å². The summed E-state index contributed by atoms with van der Waals surface area (Å²) in [5.41, 5.74) is 1.68. The molecule has 1 aromatic carbocycles. The summed E-state index contributed by atoms with van der Waals surface area (Å²) >= 11 is 0. The van der Waals surface area contributed by atoms with E-state index in [1.807, 2.05) is 18.2 Å². The van der Waals surface area contributed by atoms with Crippen LogP contribution in [0.3, 0.4) is 0 Å². The van der Waals surface area contributed by atoms with E-state index in [0.717, 1.165) is 18.6 Å². The first kappa shape index (κ1) is 17.7. The van der Waals surface area contributed by atoms with E-state index in [0.29, 0.717) is 24.7 Å². The quantitative estimate of drug-likeness (QED) is 0.755. The lowest BCUT2D eigenvalue weighted by Gasteiger charge is -2.17. The maximum Gasteiger partial charge on any atom is 0.256 e. The highest BCUT2D eigenvalue weighted by molar-refractivity contribution is 5.93. The first-order valence-electron chi connectivity index (χ1n) is 8.11. The van der Waals surface area contributed by atoms with Crippen LogP contribution in [-0.2, 0) is 6.42 Å². The van der Waals surface area contributed by atoms with Crippen molar-refractivity contribution in [2.45, 2.75) is 19.8 Å². The molecule has 0 bridgehead atoms. The van der Waals surface area contributed by atoms with Gasteiger partial charge in [0.25, 0.3) is 5.91 Å². The number of rotatable bonds is 8. The van der Waals surface area contributed by atoms with E-state index in [-0.39, 0.29) is 5.91 Å². The standard InChI is InChI=1S/C18H24N4O2/c1-4-14-8-5-6-9-16(14)24-11-7-10-22(3)17(23)15-12-20-18(19-2)21-13-15/h5-6,8-9,12-13H,4,7,10-11H2,1-3H3,(H,19,20,21). The number of amides is 1. The molecule has 128 valence electrons. The molecule has 6 nitrogen and oxygen atoms in total. The van der Waals surface area contributed by atoms with Crippen LogP contribution in [0.5, 0.6) is 5.75 Å². The Hall–Kier alpha value is -2.63. The molecule has 0 saturated heterocycles. The van der Waals surface area contributed by atoms with Gasteiger partial charge in [0.15, 0.2) is 0 Å². The summed E-state index contributed by atoms with van der Waals surface area (Å²) in [6, 6.07) is 8.03. The van der Waals surface area contributed by atoms with Gasteiger partial charge in [-0.1, -0.05) is 25.1 Å². The fourth-order valence-electron chi connectivity index (χ4n) is 2.31. The molecule has 2 aromatic rings. The van der Waals surface area contributed by atoms with Gasteiger partial charge in [0, 0.05) is 33.0 Å². The maximum absolute atomic E-state index is 12.3. The average Bonchev–Trinajstić information content (AvgIpc) is 2.64. The number of anilines is 1. The highest BCUT2D eigenvalue weighted by atomic mass is 16.5. The number of carbonyl (C=O) groups is 1. The van der Waals surface area contributed by atoms with Crippen LogP contribution in [0.4, 0.5) is 5.95 Å². The van der Waals surface area contributed by atoms with Crippen molar-refractivity contribution in [3.8, 4) is 5.75 Å². The largest absolute Gasteiger partial charge is 0.493 e. The fraction of sp³-hybridized carbons (Fsp3) is 0.389. The molecular formula is C18H24N4O2. The summed E-state index contributed by atoms with van der Waals surface area (Å²) in [7, 11) is 3.51. The van der Waals surface area contributed by atoms with E-state index in [1.165, 1.54) is 18.0 Å². The molecule has 1 heterocycles. The van der Waals surface area contributed by atoms with Gasteiger partial charge in [0.05, 0.1) is 12.2 Å². The highest BCUT2D eigenvalue weighted by Crippen LogP contribution is 2.18.